The maximum atomic E-state index is 12.0. The van der Waals surface area contributed by atoms with E-state index in [4.69, 9.17) is 9.52 Å². The number of hydrogen-bond acceptors (Lipinski definition) is 4. The summed E-state index contributed by atoms with van der Waals surface area (Å²) in [4.78, 5) is 22.8. The summed E-state index contributed by atoms with van der Waals surface area (Å²) in [7, 11) is 0. The molecular weight excluding hydrogens is 284 g/mol. The Balaban J connectivity index is 2.03. The molecule has 1 aromatic heterocycles. The van der Waals surface area contributed by atoms with Crippen LogP contribution in [0.15, 0.2) is 57.7 Å². The van der Waals surface area contributed by atoms with E-state index < -0.39 is 11.6 Å². The summed E-state index contributed by atoms with van der Waals surface area (Å²) in [5.74, 6) is -1.12. The molecule has 5 nitrogen and oxygen atoms in total. The second-order valence-electron chi connectivity index (χ2n) is 4.89. The zero-order valence-corrected chi connectivity index (χ0v) is 11.4. The van der Waals surface area contributed by atoms with E-state index in [1.807, 2.05) is 0 Å². The third-order valence-corrected chi connectivity index (χ3v) is 3.46. The molecule has 3 rings (SSSR count). The van der Waals surface area contributed by atoms with Crippen molar-refractivity contribution in [2.45, 2.75) is 6.42 Å². The van der Waals surface area contributed by atoms with Gasteiger partial charge in [0.2, 0.25) is 0 Å². The zero-order valence-electron chi connectivity index (χ0n) is 11.4. The van der Waals surface area contributed by atoms with Gasteiger partial charge in [-0.1, -0.05) is 24.3 Å². The first-order valence-electron chi connectivity index (χ1n) is 6.62. The average Bonchev–Trinajstić information content (AvgIpc) is 2.52. The second kappa shape index (κ2) is 5.37. The SMILES string of the molecule is O=C(O)c1ccc(Cc2c(O)c3ccccc3oc2=O)cc1. The molecule has 0 aliphatic rings. The molecule has 1 heterocycles. The highest BCUT2D eigenvalue weighted by atomic mass is 16.4. The zero-order chi connectivity index (χ0) is 15.7. The number of carbonyl (C=O) groups is 1. The van der Waals surface area contributed by atoms with Crippen LogP contribution in [0.5, 0.6) is 5.75 Å². The first-order chi connectivity index (χ1) is 10.6. The van der Waals surface area contributed by atoms with Crippen LogP contribution in [0.3, 0.4) is 0 Å². The normalized spacial score (nSPS) is 10.7. The Morgan fingerprint density at radius 1 is 1.05 bits per heavy atom. The summed E-state index contributed by atoms with van der Waals surface area (Å²) in [6.45, 7) is 0. The van der Waals surface area contributed by atoms with Crippen molar-refractivity contribution in [3.8, 4) is 5.75 Å². The molecule has 0 amide bonds. The number of hydrogen-bond donors (Lipinski definition) is 2. The minimum Gasteiger partial charge on any atom is -0.507 e. The Bertz CT molecular complexity index is 906. The van der Waals surface area contributed by atoms with Crippen LogP contribution in [-0.2, 0) is 6.42 Å². The molecule has 0 saturated carbocycles. The lowest BCUT2D eigenvalue weighted by molar-refractivity contribution is 0.0697. The first kappa shape index (κ1) is 13.9. The van der Waals surface area contributed by atoms with Crippen LogP contribution in [0, 0.1) is 0 Å². The van der Waals surface area contributed by atoms with Gasteiger partial charge in [0.25, 0.3) is 0 Å². The van der Waals surface area contributed by atoms with Gasteiger partial charge in [0.15, 0.2) is 0 Å². The fraction of sp³-hybridized carbons (Fsp3) is 0.0588. The molecule has 0 saturated heterocycles. The van der Waals surface area contributed by atoms with Gasteiger partial charge in [0, 0.05) is 6.42 Å². The van der Waals surface area contributed by atoms with E-state index in [2.05, 4.69) is 0 Å². The Kier molecular flexibility index (Phi) is 3.39. The molecule has 2 N–H and O–H groups in total. The quantitative estimate of drug-likeness (QED) is 0.726. The van der Waals surface area contributed by atoms with Crippen molar-refractivity contribution < 1.29 is 19.4 Å². The lowest BCUT2D eigenvalue weighted by Gasteiger charge is -2.06. The molecule has 0 aliphatic heterocycles. The van der Waals surface area contributed by atoms with Crippen molar-refractivity contribution in [2.75, 3.05) is 0 Å². The summed E-state index contributed by atoms with van der Waals surface area (Å²) < 4.78 is 5.20. The Hall–Kier alpha value is -3.08. The monoisotopic (exact) mass is 296 g/mol. The Labute approximate surface area is 125 Å². The van der Waals surface area contributed by atoms with Crippen LogP contribution in [0.2, 0.25) is 0 Å². The number of aromatic carboxylic acids is 1. The van der Waals surface area contributed by atoms with E-state index in [0.29, 0.717) is 16.5 Å². The summed E-state index contributed by atoms with van der Waals surface area (Å²) >= 11 is 0. The van der Waals surface area contributed by atoms with Gasteiger partial charge in [-0.2, -0.15) is 0 Å². The van der Waals surface area contributed by atoms with Gasteiger partial charge in [-0.15, -0.1) is 0 Å². The number of rotatable bonds is 3. The smallest absolute Gasteiger partial charge is 0.343 e. The van der Waals surface area contributed by atoms with Gasteiger partial charge in [0.1, 0.15) is 11.3 Å². The molecule has 5 heteroatoms. The maximum absolute atomic E-state index is 12.0. The molecule has 0 fully saturated rings. The molecule has 0 radical (unpaired) electrons. The molecule has 0 spiro atoms. The van der Waals surface area contributed by atoms with E-state index in [9.17, 15) is 14.7 Å². The van der Waals surface area contributed by atoms with Gasteiger partial charge in [-0.25, -0.2) is 9.59 Å². The van der Waals surface area contributed by atoms with Crippen molar-refractivity contribution in [2.24, 2.45) is 0 Å². The summed E-state index contributed by atoms with van der Waals surface area (Å²) in [5.41, 5.74) is 0.761. The number of benzene rings is 2. The Morgan fingerprint density at radius 3 is 2.41 bits per heavy atom. The van der Waals surface area contributed by atoms with E-state index >= 15 is 0 Å². The summed E-state index contributed by atoms with van der Waals surface area (Å²) in [5, 5.41) is 19.6. The standard InChI is InChI=1S/C17H12O5/c18-15-12-3-1-2-4-14(12)22-17(21)13(15)9-10-5-7-11(8-6-10)16(19)20/h1-8,18H,9H2,(H,19,20). The van der Waals surface area contributed by atoms with Crippen LogP contribution < -0.4 is 5.63 Å². The number of aromatic hydroxyl groups is 1. The summed E-state index contributed by atoms with van der Waals surface area (Å²) in [6.07, 6.45) is 0.166. The first-order valence-corrected chi connectivity index (χ1v) is 6.62. The van der Waals surface area contributed by atoms with Crippen LogP contribution >= 0.6 is 0 Å². The molecule has 0 bridgehead atoms. The number of para-hydroxylation sites is 1. The topological polar surface area (TPSA) is 87.7 Å². The van der Waals surface area contributed by atoms with Crippen molar-refractivity contribution in [3.63, 3.8) is 0 Å². The van der Waals surface area contributed by atoms with Crippen LogP contribution in [0.4, 0.5) is 0 Å². The molecule has 110 valence electrons. The Morgan fingerprint density at radius 2 is 1.73 bits per heavy atom. The van der Waals surface area contributed by atoms with Gasteiger partial charge in [-0.3, -0.25) is 0 Å². The predicted molar refractivity (Wildman–Crippen MR) is 80.4 cm³/mol. The van der Waals surface area contributed by atoms with E-state index in [0.717, 1.165) is 0 Å². The van der Waals surface area contributed by atoms with Crippen LogP contribution in [0.1, 0.15) is 21.5 Å². The highest BCUT2D eigenvalue weighted by Gasteiger charge is 2.14. The third kappa shape index (κ3) is 2.44. The minimum absolute atomic E-state index is 0.103. The highest BCUT2D eigenvalue weighted by Crippen LogP contribution is 2.27. The average molecular weight is 296 g/mol. The number of carboxylic acids is 1. The largest absolute Gasteiger partial charge is 0.507 e. The second-order valence-corrected chi connectivity index (χ2v) is 4.89. The lowest BCUT2D eigenvalue weighted by Crippen LogP contribution is -2.08. The van der Waals surface area contributed by atoms with Gasteiger partial charge in [-0.05, 0) is 29.8 Å². The van der Waals surface area contributed by atoms with Crippen molar-refractivity contribution in [1.29, 1.82) is 0 Å². The van der Waals surface area contributed by atoms with Crippen LogP contribution in [-0.4, -0.2) is 16.2 Å². The fourth-order valence-electron chi connectivity index (χ4n) is 2.30. The van der Waals surface area contributed by atoms with E-state index in [-0.39, 0.29) is 23.3 Å². The maximum Gasteiger partial charge on any atom is 0.343 e. The fourth-order valence-corrected chi connectivity index (χ4v) is 2.30. The van der Waals surface area contributed by atoms with Gasteiger partial charge in [0.05, 0.1) is 16.5 Å². The molecule has 22 heavy (non-hydrogen) atoms. The predicted octanol–water partition coefficient (Wildman–Crippen LogP) is 2.79. The summed E-state index contributed by atoms with van der Waals surface area (Å²) in [6, 6.07) is 12.9. The molecule has 2 aromatic carbocycles. The lowest BCUT2D eigenvalue weighted by atomic mass is 10.0. The van der Waals surface area contributed by atoms with Gasteiger partial charge < -0.3 is 14.6 Å². The minimum atomic E-state index is -1.01. The molecule has 0 unspecified atom stereocenters. The van der Waals surface area contributed by atoms with Crippen molar-refractivity contribution >= 4 is 16.9 Å². The van der Waals surface area contributed by atoms with Crippen molar-refractivity contribution in [3.05, 3.63) is 75.6 Å². The molecule has 0 aliphatic carbocycles. The molecule has 3 aromatic rings. The number of fused-ring (bicyclic) bond motifs is 1. The van der Waals surface area contributed by atoms with Crippen LogP contribution in [0.25, 0.3) is 11.0 Å². The third-order valence-electron chi connectivity index (χ3n) is 3.46. The van der Waals surface area contributed by atoms with Crippen molar-refractivity contribution in [1.82, 2.24) is 0 Å². The van der Waals surface area contributed by atoms with Gasteiger partial charge >= 0.3 is 11.6 Å². The number of carboxylic acid groups (broad SMARTS) is 1. The molecule has 0 atom stereocenters. The highest BCUT2D eigenvalue weighted by molar-refractivity contribution is 5.87. The van der Waals surface area contributed by atoms with E-state index in [1.54, 1.807) is 36.4 Å². The van der Waals surface area contributed by atoms with E-state index in [1.165, 1.54) is 12.1 Å². The molecular formula is C17H12O5.